The van der Waals surface area contributed by atoms with Crippen LogP contribution in [0.4, 0.5) is 0 Å². The summed E-state index contributed by atoms with van der Waals surface area (Å²) in [5.41, 5.74) is -0.943. The molecule has 1 aliphatic carbocycles. The molecule has 0 aromatic carbocycles. The smallest absolute Gasteiger partial charge is 0.329 e. The van der Waals surface area contributed by atoms with Gasteiger partial charge in [-0.1, -0.05) is 0 Å². The fourth-order valence-corrected chi connectivity index (χ4v) is 3.83. The molecule has 18 heavy (non-hydrogen) atoms. The molecule has 5 heteroatoms. The van der Waals surface area contributed by atoms with E-state index in [1.807, 2.05) is 0 Å². The Hall–Kier alpha value is -1.10. The van der Waals surface area contributed by atoms with E-state index in [0.29, 0.717) is 24.9 Å². The quantitative estimate of drug-likeness (QED) is 0.748. The molecule has 0 aromatic rings. The number of hydrogen-bond donors (Lipinski definition) is 1. The van der Waals surface area contributed by atoms with E-state index in [1.54, 1.807) is 4.90 Å². The molecule has 3 rings (SSSR count). The van der Waals surface area contributed by atoms with E-state index in [-0.39, 0.29) is 6.04 Å². The number of carboxylic acids is 1. The molecular weight excluding hydrogens is 232 g/mol. The lowest BCUT2D eigenvalue weighted by Gasteiger charge is -2.47. The van der Waals surface area contributed by atoms with Gasteiger partial charge in [-0.3, -0.25) is 4.79 Å². The highest BCUT2D eigenvalue weighted by atomic mass is 16.4. The standard InChI is InChI=1S/C13H20N2O3/c1-14-10-4-5-11(14)7-13(6-10,12(17)18)15(8-16)9-2-3-9/h8-11H,2-7H2,1H3,(H,17,18). The van der Waals surface area contributed by atoms with Crippen molar-refractivity contribution in [3.05, 3.63) is 0 Å². The number of rotatable bonds is 4. The van der Waals surface area contributed by atoms with Gasteiger partial charge in [0.2, 0.25) is 6.41 Å². The van der Waals surface area contributed by atoms with E-state index in [9.17, 15) is 14.7 Å². The van der Waals surface area contributed by atoms with Crippen LogP contribution in [0, 0.1) is 0 Å². The fraction of sp³-hybridized carbons (Fsp3) is 0.846. The molecule has 2 bridgehead atoms. The van der Waals surface area contributed by atoms with Crippen molar-refractivity contribution in [2.75, 3.05) is 7.05 Å². The lowest BCUT2D eigenvalue weighted by molar-refractivity contribution is -0.161. The van der Waals surface area contributed by atoms with Gasteiger partial charge in [-0.15, -0.1) is 0 Å². The highest BCUT2D eigenvalue weighted by Crippen LogP contribution is 2.45. The third-order valence-electron chi connectivity index (χ3n) is 5.08. The van der Waals surface area contributed by atoms with Crippen LogP contribution in [0.1, 0.15) is 38.5 Å². The first-order chi connectivity index (χ1) is 8.58. The highest BCUT2D eigenvalue weighted by Gasteiger charge is 2.56. The number of hydrogen-bond acceptors (Lipinski definition) is 3. The van der Waals surface area contributed by atoms with E-state index in [0.717, 1.165) is 32.1 Å². The average Bonchev–Trinajstić information content (AvgIpc) is 3.12. The van der Waals surface area contributed by atoms with Crippen LogP contribution in [0.2, 0.25) is 0 Å². The maximum Gasteiger partial charge on any atom is 0.329 e. The summed E-state index contributed by atoms with van der Waals surface area (Å²) in [5.74, 6) is -0.813. The zero-order chi connectivity index (χ0) is 12.9. The van der Waals surface area contributed by atoms with Gasteiger partial charge in [0.05, 0.1) is 0 Å². The SMILES string of the molecule is CN1C2CCC1CC(C(=O)O)(N(C=O)C1CC1)C2. The average molecular weight is 252 g/mol. The van der Waals surface area contributed by atoms with Gasteiger partial charge >= 0.3 is 5.97 Å². The largest absolute Gasteiger partial charge is 0.479 e. The van der Waals surface area contributed by atoms with Crippen LogP contribution in [0.5, 0.6) is 0 Å². The van der Waals surface area contributed by atoms with Crippen molar-refractivity contribution in [2.45, 2.75) is 62.2 Å². The van der Waals surface area contributed by atoms with Gasteiger partial charge in [-0.2, -0.15) is 0 Å². The van der Waals surface area contributed by atoms with Crippen molar-refractivity contribution in [1.29, 1.82) is 0 Å². The molecule has 1 N–H and O–H groups in total. The molecule has 2 atom stereocenters. The van der Waals surface area contributed by atoms with Gasteiger partial charge in [0.1, 0.15) is 5.54 Å². The van der Waals surface area contributed by atoms with Crippen molar-refractivity contribution in [1.82, 2.24) is 9.80 Å². The topological polar surface area (TPSA) is 60.9 Å². The number of carboxylic acid groups (broad SMARTS) is 1. The van der Waals surface area contributed by atoms with Crippen LogP contribution >= 0.6 is 0 Å². The second kappa shape index (κ2) is 3.95. The number of aliphatic carboxylic acids is 1. The predicted octanol–water partition coefficient (Wildman–Crippen LogP) is 0.687. The minimum Gasteiger partial charge on any atom is -0.479 e. The Bertz CT molecular complexity index is 366. The lowest BCUT2D eigenvalue weighted by Crippen LogP contribution is -2.62. The fourth-order valence-electron chi connectivity index (χ4n) is 3.83. The second-order valence-electron chi connectivity index (χ2n) is 6.04. The second-order valence-corrected chi connectivity index (χ2v) is 6.04. The molecule has 1 saturated carbocycles. The van der Waals surface area contributed by atoms with E-state index in [1.165, 1.54) is 0 Å². The molecule has 2 saturated heterocycles. The van der Waals surface area contributed by atoms with Gasteiger partial charge in [-0.05, 0) is 45.6 Å². The van der Waals surface area contributed by atoms with Crippen molar-refractivity contribution < 1.29 is 14.7 Å². The molecule has 0 radical (unpaired) electrons. The Labute approximate surface area is 107 Å². The zero-order valence-electron chi connectivity index (χ0n) is 10.7. The van der Waals surface area contributed by atoms with Crippen LogP contribution in [-0.2, 0) is 9.59 Å². The number of nitrogens with zero attached hydrogens (tertiary/aromatic N) is 2. The van der Waals surface area contributed by atoms with E-state index in [4.69, 9.17) is 0 Å². The normalized spacial score (nSPS) is 39.6. The first-order valence-corrected chi connectivity index (χ1v) is 6.77. The minimum atomic E-state index is -0.943. The zero-order valence-corrected chi connectivity index (χ0v) is 10.7. The summed E-state index contributed by atoms with van der Waals surface area (Å²) in [6, 6.07) is 0.809. The molecule has 1 amide bonds. The Morgan fingerprint density at radius 2 is 1.83 bits per heavy atom. The number of fused-ring (bicyclic) bond motifs is 2. The van der Waals surface area contributed by atoms with Crippen molar-refractivity contribution in [2.24, 2.45) is 0 Å². The molecule has 5 nitrogen and oxygen atoms in total. The minimum absolute atomic E-state index is 0.168. The van der Waals surface area contributed by atoms with Crippen molar-refractivity contribution in [3.63, 3.8) is 0 Å². The molecule has 0 spiro atoms. The summed E-state index contributed by atoms with van der Waals surface area (Å²) in [6.07, 6.45) is 5.99. The van der Waals surface area contributed by atoms with Gasteiger partial charge in [-0.25, -0.2) is 4.79 Å². The van der Waals surface area contributed by atoms with Crippen LogP contribution in [0.3, 0.4) is 0 Å². The third-order valence-corrected chi connectivity index (χ3v) is 5.08. The van der Waals surface area contributed by atoms with Crippen LogP contribution in [0.25, 0.3) is 0 Å². The lowest BCUT2D eigenvalue weighted by atomic mass is 9.81. The Kier molecular flexibility index (Phi) is 2.62. The van der Waals surface area contributed by atoms with E-state index in [2.05, 4.69) is 11.9 Å². The first-order valence-electron chi connectivity index (χ1n) is 6.77. The first kappa shape index (κ1) is 12.0. The van der Waals surface area contributed by atoms with Gasteiger partial charge in [0, 0.05) is 18.1 Å². The maximum absolute atomic E-state index is 11.8. The molecule has 3 aliphatic rings. The monoisotopic (exact) mass is 252 g/mol. The van der Waals surface area contributed by atoms with Crippen LogP contribution in [0.15, 0.2) is 0 Å². The molecular formula is C13H20N2O3. The Balaban J connectivity index is 1.93. The number of piperidine rings is 1. The summed E-state index contributed by atoms with van der Waals surface area (Å²) in [6.45, 7) is 0. The summed E-state index contributed by atoms with van der Waals surface area (Å²) in [4.78, 5) is 27.1. The van der Waals surface area contributed by atoms with E-state index < -0.39 is 11.5 Å². The van der Waals surface area contributed by atoms with Gasteiger partial charge < -0.3 is 14.9 Å². The molecule has 2 heterocycles. The summed E-state index contributed by atoms with van der Waals surface area (Å²) < 4.78 is 0. The molecule has 2 unspecified atom stereocenters. The Morgan fingerprint density at radius 1 is 1.28 bits per heavy atom. The summed E-state index contributed by atoms with van der Waals surface area (Å²) in [7, 11) is 2.08. The molecule has 0 aromatic heterocycles. The highest BCUT2D eigenvalue weighted by molar-refractivity contribution is 5.82. The maximum atomic E-state index is 11.8. The third kappa shape index (κ3) is 1.56. The Morgan fingerprint density at radius 3 is 2.22 bits per heavy atom. The summed E-state index contributed by atoms with van der Waals surface area (Å²) >= 11 is 0. The molecule has 2 aliphatic heterocycles. The van der Waals surface area contributed by atoms with Crippen molar-refractivity contribution >= 4 is 12.4 Å². The van der Waals surface area contributed by atoms with Crippen LogP contribution < -0.4 is 0 Å². The summed E-state index contributed by atoms with van der Waals surface area (Å²) in [5, 5.41) is 9.70. The van der Waals surface area contributed by atoms with E-state index >= 15 is 0 Å². The number of carbonyl (C=O) groups is 2. The number of carbonyl (C=O) groups excluding carboxylic acids is 1. The predicted molar refractivity (Wildman–Crippen MR) is 65.1 cm³/mol. The molecule has 3 fully saturated rings. The molecule has 100 valence electrons. The van der Waals surface area contributed by atoms with Gasteiger partial charge in [0.25, 0.3) is 0 Å². The number of amides is 1. The van der Waals surface area contributed by atoms with Gasteiger partial charge in [0.15, 0.2) is 0 Å². The van der Waals surface area contributed by atoms with Crippen LogP contribution in [-0.4, -0.2) is 58.0 Å². The van der Waals surface area contributed by atoms with Crippen molar-refractivity contribution in [3.8, 4) is 0 Å².